The molecule has 3 aromatic rings. The lowest BCUT2D eigenvalue weighted by molar-refractivity contribution is 0.159. The average molecular weight is 495 g/mol. The first-order valence-electron chi connectivity index (χ1n) is 12.2. The van der Waals surface area contributed by atoms with Crippen LogP contribution in [0, 0.1) is 0 Å². The molecule has 3 aromatic carbocycles. The lowest BCUT2D eigenvalue weighted by atomic mass is 9.76. The Labute approximate surface area is 210 Å². The Morgan fingerprint density at radius 2 is 1.34 bits per heavy atom. The molecule has 0 radical (unpaired) electrons. The molecule has 2 atom stereocenters. The van der Waals surface area contributed by atoms with E-state index in [1.807, 2.05) is 24.3 Å². The van der Waals surface area contributed by atoms with E-state index < -0.39 is 8.32 Å². The number of fused-ring (bicyclic) bond motifs is 2. The summed E-state index contributed by atoms with van der Waals surface area (Å²) in [6.07, 6.45) is 1.70. The first-order valence-corrected chi connectivity index (χ1v) is 15.2. The predicted octanol–water partition coefficient (Wildman–Crippen LogP) is 7.56. The molecule has 1 aliphatic carbocycles. The van der Waals surface area contributed by atoms with Gasteiger partial charge < -0.3 is 23.7 Å². The van der Waals surface area contributed by atoms with Crippen molar-refractivity contribution in [3.63, 3.8) is 0 Å². The van der Waals surface area contributed by atoms with Gasteiger partial charge in [-0.3, -0.25) is 0 Å². The molecule has 0 aromatic heterocycles. The maximum atomic E-state index is 11.1. The smallest absolute Gasteiger partial charge is 0.192 e. The topological polar surface area (TPSA) is 57.2 Å². The molecule has 1 N–H and O–H groups in total. The summed E-state index contributed by atoms with van der Waals surface area (Å²) in [5.41, 5.74) is 3.11. The van der Waals surface area contributed by atoms with E-state index in [-0.39, 0.29) is 17.1 Å². The van der Waals surface area contributed by atoms with Gasteiger partial charge in [-0.15, -0.1) is 0 Å². The monoisotopic (exact) mass is 494 g/mol. The fraction of sp³-hybridized carbons (Fsp3) is 0.448. The minimum atomic E-state index is -2.00. The highest BCUT2D eigenvalue weighted by atomic mass is 28.4. The zero-order valence-corrected chi connectivity index (χ0v) is 23.2. The van der Waals surface area contributed by atoms with Gasteiger partial charge >= 0.3 is 0 Å². The van der Waals surface area contributed by atoms with Crippen molar-refractivity contribution in [1.82, 2.24) is 0 Å². The first kappa shape index (κ1) is 25.4. The van der Waals surface area contributed by atoms with Gasteiger partial charge in [-0.25, -0.2) is 0 Å². The van der Waals surface area contributed by atoms with Gasteiger partial charge in [0, 0.05) is 16.9 Å². The van der Waals surface area contributed by atoms with Gasteiger partial charge in [0.25, 0.3) is 0 Å². The standard InChI is InChI=1S/C29H38O5Si/c1-29(2,3)35(7,8)34-22-14-12-18(26-20(22)10-9-11-21(26)30)19-13-15-24(32-5)28-25(33-6)17-16-23(31-4)27(19)28/h9-11,13,15-18,22,30H,12,14H2,1-8H3/t18-,22+/m0/s1. The number of benzene rings is 3. The molecule has 0 aliphatic heterocycles. The fourth-order valence-corrected chi connectivity index (χ4v) is 6.35. The van der Waals surface area contributed by atoms with Crippen LogP contribution in [0.1, 0.15) is 62.3 Å². The second-order valence-corrected chi connectivity index (χ2v) is 15.6. The van der Waals surface area contributed by atoms with E-state index in [1.165, 1.54) is 0 Å². The van der Waals surface area contributed by atoms with E-state index in [9.17, 15) is 5.11 Å². The second kappa shape index (κ2) is 9.39. The van der Waals surface area contributed by atoms with Crippen LogP contribution in [0.25, 0.3) is 10.8 Å². The molecule has 0 fully saturated rings. The largest absolute Gasteiger partial charge is 0.508 e. The van der Waals surface area contributed by atoms with Crippen LogP contribution >= 0.6 is 0 Å². The zero-order valence-electron chi connectivity index (χ0n) is 22.2. The molecule has 5 nitrogen and oxygen atoms in total. The van der Waals surface area contributed by atoms with Crippen LogP contribution in [0.4, 0.5) is 0 Å². The number of aromatic hydroxyl groups is 1. The SMILES string of the molecule is COc1ccc(OC)c2c([C@@H]3CC[C@@H](O[Si](C)(C)C(C)(C)C)c4cccc(O)c43)ccc(OC)c12. The summed E-state index contributed by atoms with van der Waals surface area (Å²) in [6, 6.07) is 13.7. The Hall–Kier alpha value is -2.70. The van der Waals surface area contributed by atoms with Gasteiger partial charge in [0.05, 0.1) is 32.8 Å². The Bertz CT molecular complexity index is 1220. The van der Waals surface area contributed by atoms with Crippen molar-refractivity contribution in [2.24, 2.45) is 0 Å². The van der Waals surface area contributed by atoms with Crippen LogP contribution in [-0.4, -0.2) is 34.8 Å². The third-order valence-corrected chi connectivity index (χ3v) is 12.4. The van der Waals surface area contributed by atoms with Crippen molar-refractivity contribution in [3.8, 4) is 23.0 Å². The van der Waals surface area contributed by atoms with Gasteiger partial charge in [-0.2, -0.15) is 0 Å². The molecule has 0 unspecified atom stereocenters. The summed E-state index contributed by atoms with van der Waals surface area (Å²) >= 11 is 0. The Kier molecular flexibility index (Phi) is 6.82. The van der Waals surface area contributed by atoms with E-state index in [0.717, 1.165) is 57.6 Å². The Morgan fingerprint density at radius 1 is 0.771 bits per heavy atom. The summed E-state index contributed by atoms with van der Waals surface area (Å²) in [4.78, 5) is 0. The minimum Gasteiger partial charge on any atom is -0.508 e. The number of hydrogen-bond donors (Lipinski definition) is 1. The number of hydrogen-bond acceptors (Lipinski definition) is 5. The van der Waals surface area contributed by atoms with Gasteiger partial charge in [-0.1, -0.05) is 39.0 Å². The number of rotatable bonds is 6. The molecular weight excluding hydrogens is 456 g/mol. The van der Waals surface area contributed by atoms with Crippen LogP contribution in [0.15, 0.2) is 42.5 Å². The minimum absolute atomic E-state index is 0.0140. The normalized spacial score (nSPS) is 18.3. The predicted molar refractivity (Wildman–Crippen MR) is 144 cm³/mol. The summed E-state index contributed by atoms with van der Waals surface area (Å²) in [5, 5.41) is 13.1. The molecular formula is C29H38O5Si. The molecule has 0 saturated heterocycles. The molecule has 0 heterocycles. The van der Waals surface area contributed by atoms with Gasteiger partial charge in [0.1, 0.15) is 23.0 Å². The fourth-order valence-electron chi connectivity index (χ4n) is 5.04. The Morgan fingerprint density at radius 3 is 1.91 bits per heavy atom. The lowest BCUT2D eigenvalue weighted by Gasteiger charge is -2.42. The molecule has 35 heavy (non-hydrogen) atoms. The van der Waals surface area contributed by atoms with Crippen molar-refractivity contribution in [1.29, 1.82) is 0 Å². The molecule has 4 rings (SSSR count). The van der Waals surface area contributed by atoms with Crippen LogP contribution in [0.3, 0.4) is 0 Å². The first-order chi connectivity index (χ1) is 16.5. The summed E-state index contributed by atoms with van der Waals surface area (Å²) in [5.74, 6) is 2.51. The van der Waals surface area contributed by atoms with E-state index in [0.29, 0.717) is 5.75 Å². The van der Waals surface area contributed by atoms with Crippen molar-refractivity contribution in [2.45, 2.75) is 63.8 Å². The van der Waals surface area contributed by atoms with Crippen molar-refractivity contribution < 1.29 is 23.7 Å². The average Bonchev–Trinajstić information content (AvgIpc) is 2.82. The van der Waals surface area contributed by atoms with E-state index in [2.05, 4.69) is 46.0 Å². The molecule has 0 amide bonds. The van der Waals surface area contributed by atoms with E-state index in [4.69, 9.17) is 18.6 Å². The molecule has 0 bridgehead atoms. The maximum absolute atomic E-state index is 11.1. The van der Waals surface area contributed by atoms with Crippen LogP contribution in [0.2, 0.25) is 18.1 Å². The van der Waals surface area contributed by atoms with Crippen molar-refractivity contribution in [2.75, 3.05) is 21.3 Å². The third kappa shape index (κ3) is 4.38. The third-order valence-electron chi connectivity index (χ3n) is 7.89. The lowest BCUT2D eigenvalue weighted by Crippen LogP contribution is -2.42. The van der Waals surface area contributed by atoms with Gasteiger partial charge in [0.15, 0.2) is 8.32 Å². The summed E-state index contributed by atoms with van der Waals surface area (Å²) < 4.78 is 24.1. The second-order valence-electron chi connectivity index (χ2n) is 10.9. The molecule has 0 spiro atoms. The molecule has 6 heteroatoms. The number of methoxy groups -OCH3 is 3. The van der Waals surface area contributed by atoms with E-state index in [1.54, 1.807) is 27.4 Å². The highest BCUT2D eigenvalue weighted by Gasteiger charge is 2.42. The summed E-state index contributed by atoms with van der Waals surface area (Å²) in [7, 11) is 3.01. The van der Waals surface area contributed by atoms with Crippen LogP contribution in [-0.2, 0) is 4.43 Å². The highest BCUT2D eigenvalue weighted by molar-refractivity contribution is 6.74. The van der Waals surface area contributed by atoms with Crippen molar-refractivity contribution in [3.05, 3.63) is 59.2 Å². The zero-order chi connectivity index (χ0) is 25.5. The number of ether oxygens (including phenoxy) is 3. The highest BCUT2D eigenvalue weighted by Crippen LogP contribution is 2.52. The number of phenols is 1. The van der Waals surface area contributed by atoms with Gasteiger partial charge in [0.2, 0.25) is 0 Å². The quantitative estimate of drug-likeness (QED) is 0.358. The molecule has 0 saturated carbocycles. The van der Waals surface area contributed by atoms with Gasteiger partial charge in [-0.05, 0) is 66.4 Å². The molecule has 188 valence electrons. The van der Waals surface area contributed by atoms with Crippen LogP contribution < -0.4 is 14.2 Å². The number of phenolic OH excluding ortho intramolecular Hbond substituents is 1. The molecule has 1 aliphatic rings. The maximum Gasteiger partial charge on any atom is 0.192 e. The van der Waals surface area contributed by atoms with Crippen molar-refractivity contribution >= 4 is 19.1 Å². The van der Waals surface area contributed by atoms with E-state index >= 15 is 0 Å². The summed E-state index contributed by atoms with van der Waals surface area (Å²) in [6.45, 7) is 11.4. The Balaban J connectivity index is 1.91. The van der Waals surface area contributed by atoms with Crippen LogP contribution in [0.5, 0.6) is 23.0 Å².